The van der Waals surface area contributed by atoms with Gasteiger partial charge in [-0.25, -0.2) is 9.78 Å². The number of imidazole rings is 2. The van der Waals surface area contributed by atoms with Gasteiger partial charge in [0.25, 0.3) is 0 Å². The van der Waals surface area contributed by atoms with E-state index < -0.39 is 30.4 Å². The number of rotatable bonds is 5. The number of nitrogens with zero attached hydrogens (tertiary/aromatic N) is 6. The molecule has 4 aromatic heterocycles. The zero-order valence-corrected chi connectivity index (χ0v) is 24.8. The normalized spacial score (nSPS) is 12.0. The smallest absolute Gasteiger partial charge is 0.343 e. The number of para-hydroxylation sites is 1. The Balaban J connectivity index is 0.000000780. The SMILES string of the molecule is CC=NC.CN.Cc1cc(-c2cccn3cncc23)ncc1-n1c(=O)n(CC(=O)NC(C)C(F)(F)F)c2cccc(C)c21. The molecule has 0 aliphatic heterocycles. The minimum absolute atomic E-state index is 0.437. The Hall–Kier alpha value is -4.78. The first kappa shape index (κ1) is 32.7. The number of fused-ring (bicyclic) bond motifs is 2. The van der Waals surface area contributed by atoms with Crippen LogP contribution in [0.4, 0.5) is 13.2 Å². The Morgan fingerprint density at radius 1 is 1.12 bits per heavy atom. The number of carbonyl (C=O) groups excluding carboxylic acids is 1. The highest BCUT2D eigenvalue weighted by atomic mass is 19.4. The Morgan fingerprint density at radius 2 is 1.81 bits per heavy atom. The lowest BCUT2D eigenvalue weighted by atomic mass is 10.1. The number of benzene rings is 1. The van der Waals surface area contributed by atoms with E-state index in [2.05, 4.69) is 20.7 Å². The van der Waals surface area contributed by atoms with Crippen LogP contribution in [0.25, 0.3) is 33.5 Å². The molecule has 4 heterocycles. The molecule has 0 radical (unpaired) electrons. The molecule has 13 heteroatoms. The monoisotopic (exact) mass is 596 g/mol. The third-order valence-electron chi connectivity index (χ3n) is 6.63. The second kappa shape index (κ2) is 13.9. The highest BCUT2D eigenvalue weighted by Gasteiger charge is 2.37. The number of aromatic nitrogens is 5. The van der Waals surface area contributed by atoms with E-state index in [1.165, 1.54) is 16.2 Å². The number of nitrogens with one attached hydrogen (secondary N) is 1. The van der Waals surface area contributed by atoms with E-state index >= 15 is 0 Å². The Labute approximate surface area is 246 Å². The lowest BCUT2D eigenvalue weighted by Gasteiger charge is -2.17. The van der Waals surface area contributed by atoms with Gasteiger partial charge in [0.05, 0.1) is 46.7 Å². The maximum absolute atomic E-state index is 13.6. The summed E-state index contributed by atoms with van der Waals surface area (Å²) in [6.45, 7) is 5.86. The summed E-state index contributed by atoms with van der Waals surface area (Å²) in [4.78, 5) is 38.4. The van der Waals surface area contributed by atoms with E-state index in [0.29, 0.717) is 22.4 Å². The van der Waals surface area contributed by atoms with Gasteiger partial charge in [-0.05, 0) is 76.3 Å². The van der Waals surface area contributed by atoms with Crippen molar-refractivity contribution in [2.45, 2.75) is 46.5 Å². The molecule has 0 fully saturated rings. The van der Waals surface area contributed by atoms with Crippen LogP contribution in [0.5, 0.6) is 0 Å². The van der Waals surface area contributed by atoms with Crippen LogP contribution in [0.15, 0.2) is 71.1 Å². The third-order valence-corrected chi connectivity index (χ3v) is 6.63. The van der Waals surface area contributed by atoms with Crippen LogP contribution < -0.4 is 16.7 Å². The van der Waals surface area contributed by atoms with Crippen LogP contribution in [0, 0.1) is 13.8 Å². The lowest BCUT2D eigenvalue weighted by molar-refractivity contribution is -0.158. The molecule has 1 aromatic carbocycles. The zero-order valence-electron chi connectivity index (χ0n) is 24.8. The van der Waals surface area contributed by atoms with Crippen LogP contribution in [0.1, 0.15) is 25.0 Å². The summed E-state index contributed by atoms with van der Waals surface area (Å²) in [6.07, 6.45) is 4.08. The van der Waals surface area contributed by atoms with Gasteiger partial charge in [0.2, 0.25) is 5.91 Å². The number of pyridine rings is 2. The summed E-state index contributed by atoms with van der Waals surface area (Å²) >= 11 is 0. The van der Waals surface area contributed by atoms with Crippen molar-refractivity contribution >= 4 is 28.7 Å². The van der Waals surface area contributed by atoms with Crippen molar-refractivity contribution in [1.82, 2.24) is 28.8 Å². The molecule has 1 atom stereocenters. The molecule has 3 N–H and O–H groups in total. The maximum Gasteiger partial charge on any atom is 0.408 e. The first-order valence-electron chi connectivity index (χ1n) is 13.4. The maximum atomic E-state index is 13.6. The summed E-state index contributed by atoms with van der Waals surface area (Å²) < 4.78 is 43.3. The predicted molar refractivity (Wildman–Crippen MR) is 163 cm³/mol. The van der Waals surface area contributed by atoms with Crippen molar-refractivity contribution in [3.05, 3.63) is 82.9 Å². The number of hydrogen-bond donors (Lipinski definition) is 2. The van der Waals surface area contributed by atoms with Crippen molar-refractivity contribution in [2.24, 2.45) is 10.7 Å². The van der Waals surface area contributed by atoms with E-state index in [-0.39, 0.29) is 0 Å². The molecule has 5 aromatic rings. The zero-order chi connectivity index (χ0) is 31.9. The van der Waals surface area contributed by atoms with Gasteiger partial charge in [-0.1, -0.05) is 12.1 Å². The highest BCUT2D eigenvalue weighted by molar-refractivity contribution is 5.85. The number of hydrogen-bond acceptors (Lipinski definition) is 6. The lowest BCUT2D eigenvalue weighted by Crippen LogP contribution is -2.45. The number of aliphatic imine (C=N–C) groups is 1. The Bertz CT molecular complexity index is 1800. The third kappa shape index (κ3) is 7.00. The molecule has 10 nitrogen and oxygen atoms in total. The molecule has 228 valence electrons. The van der Waals surface area contributed by atoms with E-state index in [1.807, 2.05) is 61.0 Å². The molecule has 0 saturated heterocycles. The summed E-state index contributed by atoms with van der Waals surface area (Å²) in [5, 5.41) is 1.92. The van der Waals surface area contributed by atoms with Crippen LogP contribution in [-0.4, -0.2) is 61.9 Å². The van der Waals surface area contributed by atoms with E-state index in [0.717, 1.165) is 29.1 Å². The molecule has 1 amide bonds. The fourth-order valence-electron chi connectivity index (χ4n) is 4.46. The first-order valence-corrected chi connectivity index (χ1v) is 13.4. The Morgan fingerprint density at radius 3 is 2.44 bits per heavy atom. The van der Waals surface area contributed by atoms with E-state index in [9.17, 15) is 22.8 Å². The second-order valence-electron chi connectivity index (χ2n) is 9.46. The molecular formula is C30H35F3N8O2. The van der Waals surface area contributed by atoms with Gasteiger partial charge >= 0.3 is 11.9 Å². The molecule has 0 aliphatic rings. The second-order valence-corrected chi connectivity index (χ2v) is 9.46. The fraction of sp³-hybridized carbons (Fsp3) is 0.300. The predicted octanol–water partition coefficient (Wildman–Crippen LogP) is 4.47. The number of alkyl halides is 3. The van der Waals surface area contributed by atoms with Crippen molar-refractivity contribution in [1.29, 1.82) is 0 Å². The number of carbonyl (C=O) groups is 1. The first-order chi connectivity index (χ1) is 20.5. The van der Waals surface area contributed by atoms with Gasteiger partial charge in [0, 0.05) is 18.8 Å². The average Bonchev–Trinajstić information content (AvgIpc) is 3.57. The molecule has 0 saturated carbocycles. The van der Waals surface area contributed by atoms with E-state index in [1.54, 1.807) is 44.1 Å². The molecule has 0 aliphatic carbocycles. The summed E-state index contributed by atoms with van der Waals surface area (Å²) in [6, 6.07) is 8.87. The molecule has 5 rings (SSSR count). The largest absolute Gasteiger partial charge is 0.408 e. The fourth-order valence-corrected chi connectivity index (χ4v) is 4.46. The molecular weight excluding hydrogens is 561 g/mol. The Kier molecular flexibility index (Phi) is 10.6. The van der Waals surface area contributed by atoms with E-state index in [4.69, 9.17) is 0 Å². The average molecular weight is 597 g/mol. The van der Waals surface area contributed by atoms with Crippen molar-refractivity contribution in [2.75, 3.05) is 14.1 Å². The minimum Gasteiger partial charge on any atom is -0.343 e. The molecule has 0 bridgehead atoms. The van der Waals surface area contributed by atoms with Gasteiger partial charge in [-0.2, -0.15) is 13.2 Å². The van der Waals surface area contributed by atoms with Crippen molar-refractivity contribution in [3.63, 3.8) is 0 Å². The van der Waals surface area contributed by atoms with Gasteiger partial charge in [-0.3, -0.25) is 18.9 Å². The van der Waals surface area contributed by atoms with Crippen LogP contribution >= 0.6 is 0 Å². The topological polar surface area (TPSA) is 125 Å². The van der Waals surface area contributed by atoms with Crippen LogP contribution in [-0.2, 0) is 11.3 Å². The molecule has 43 heavy (non-hydrogen) atoms. The quantitative estimate of drug-likeness (QED) is 0.290. The summed E-state index contributed by atoms with van der Waals surface area (Å²) in [5.74, 6) is -0.911. The molecule has 1 unspecified atom stereocenters. The van der Waals surface area contributed by atoms with Crippen molar-refractivity contribution in [3.8, 4) is 16.9 Å². The van der Waals surface area contributed by atoms with Crippen molar-refractivity contribution < 1.29 is 18.0 Å². The number of halogens is 3. The standard InChI is InChI=1S/C26H23F3N6O2.C3H7N.CH5N/c1-15-6-4-8-20-24(15)35(25(37)34(20)13-23(36)32-17(3)26(27,28)29)21-12-31-19(10-16(21)2)18-7-5-9-33-14-30-11-22(18)33;1-3-4-2;1-2/h4-12,14,17H,13H2,1-3H3,(H,32,36);3H,1-2H3;2H2,1H3. The summed E-state index contributed by atoms with van der Waals surface area (Å²) in [7, 11) is 3.25. The van der Waals surface area contributed by atoms with Gasteiger partial charge in [0.1, 0.15) is 12.6 Å². The van der Waals surface area contributed by atoms with Crippen LogP contribution in [0.3, 0.4) is 0 Å². The summed E-state index contributed by atoms with van der Waals surface area (Å²) in [5.41, 5.74) is 9.43. The molecule has 0 spiro atoms. The van der Waals surface area contributed by atoms with Gasteiger partial charge in [0.15, 0.2) is 0 Å². The minimum atomic E-state index is -4.59. The van der Waals surface area contributed by atoms with Gasteiger partial charge < -0.3 is 20.4 Å². The number of aryl methyl sites for hydroxylation is 2. The number of nitrogens with two attached hydrogens (primary N) is 1. The van der Waals surface area contributed by atoms with Gasteiger partial charge in [-0.15, -0.1) is 0 Å². The number of amides is 1. The highest BCUT2D eigenvalue weighted by Crippen LogP contribution is 2.28. The van der Waals surface area contributed by atoms with Crippen LogP contribution in [0.2, 0.25) is 0 Å².